The van der Waals surface area contributed by atoms with Crippen molar-refractivity contribution in [1.82, 2.24) is 15.2 Å². The highest BCUT2D eigenvalue weighted by atomic mass is 79.9. The molecular weight excluding hydrogens is 619 g/mol. The molecule has 1 aliphatic heterocycles. The topological polar surface area (TPSA) is 78.4 Å². The fourth-order valence-corrected chi connectivity index (χ4v) is 5.83. The summed E-state index contributed by atoms with van der Waals surface area (Å²) in [4.78, 5) is 4.69. The smallest absolute Gasteiger partial charge is 0.247 e. The third-order valence-corrected chi connectivity index (χ3v) is 7.98. The van der Waals surface area contributed by atoms with Crippen LogP contribution in [0.2, 0.25) is 0 Å². The van der Waals surface area contributed by atoms with E-state index in [9.17, 15) is 4.39 Å². The molecule has 4 aromatic carbocycles. The summed E-state index contributed by atoms with van der Waals surface area (Å²) in [5, 5.41) is 12.6. The summed E-state index contributed by atoms with van der Waals surface area (Å²) in [6.45, 7) is 2.78. The lowest BCUT2D eigenvalue weighted by Crippen LogP contribution is -2.17. The Bertz CT molecular complexity index is 1710. The lowest BCUT2D eigenvalue weighted by atomic mass is 10.1. The van der Waals surface area contributed by atoms with Crippen LogP contribution in [-0.4, -0.2) is 21.8 Å². The Hall–Kier alpha value is -4.15. The molecular formula is C32H26BrFN4O3S. The zero-order chi connectivity index (χ0) is 28.9. The molecule has 1 atom stereocenters. The van der Waals surface area contributed by atoms with Gasteiger partial charge in [-0.25, -0.2) is 4.39 Å². The summed E-state index contributed by atoms with van der Waals surface area (Å²) < 4.78 is 33.6. The Morgan fingerprint density at radius 3 is 2.57 bits per heavy atom. The van der Waals surface area contributed by atoms with Gasteiger partial charge < -0.3 is 19.5 Å². The van der Waals surface area contributed by atoms with E-state index in [1.807, 2.05) is 73.7 Å². The van der Waals surface area contributed by atoms with Crippen LogP contribution in [0.15, 0.2) is 101 Å². The molecule has 5 aromatic rings. The standard InChI is InChI=1S/C32H26BrFN4O3S/c1-2-39-27-17-22(16-24(33)29(27)40-18-20-10-4-3-5-11-20)30-35-26-15-9-7-13-23(26)28-31(41-30)36-32(38-37-28)42-19-21-12-6-8-14-25(21)34/h3-17,30,35H,2,18-19H2,1H3/t30-/m1/s1. The van der Waals surface area contributed by atoms with Gasteiger partial charge in [0.2, 0.25) is 11.0 Å². The molecule has 1 aliphatic rings. The van der Waals surface area contributed by atoms with Gasteiger partial charge in [0.05, 0.1) is 11.1 Å². The molecule has 0 unspecified atom stereocenters. The van der Waals surface area contributed by atoms with Gasteiger partial charge >= 0.3 is 0 Å². The number of nitrogens with one attached hydrogen (secondary N) is 1. The van der Waals surface area contributed by atoms with Crippen LogP contribution >= 0.6 is 27.7 Å². The summed E-state index contributed by atoms with van der Waals surface area (Å²) >= 11 is 4.98. The molecule has 42 heavy (non-hydrogen) atoms. The molecule has 10 heteroatoms. The largest absolute Gasteiger partial charge is 0.490 e. The molecule has 212 valence electrons. The van der Waals surface area contributed by atoms with Crippen LogP contribution in [0.1, 0.15) is 29.8 Å². The number of halogens is 2. The van der Waals surface area contributed by atoms with Crippen LogP contribution in [-0.2, 0) is 12.4 Å². The zero-order valence-corrected chi connectivity index (χ0v) is 25.0. The van der Waals surface area contributed by atoms with Crippen molar-refractivity contribution in [2.24, 2.45) is 0 Å². The van der Waals surface area contributed by atoms with Gasteiger partial charge in [0.1, 0.15) is 12.4 Å². The second-order valence-corrected chi connectivity index (χ2v) is 11.2. The Kier molecular flexibility index (Phi) is 8.52. The number of rotatable bonds is 9. The summed E-state index contributed by atoms with van der Waals surface area (Å²) in [5.41, 5.74) is 4.56. The van der Waals surface area contributed by atoms with Crippen molar-refractivity contribution < 1.29 is 18.6 Å². The average molecular weight is 646 g/mol. The first-order chi connectivity index (χ1) is 20.6. The van der Waals surface area contributed by atoms with Crippen molar-refractivity contribution in [3.63, 3.8) is 0 Å². The van der Waals surface area contributed by atoms with Gasteiger partial charge in [-0.3, -0.25) is 0 Å². The maximum Gasteiger partial charge on any atom is 0.247 e. The van der Waals surface area contributed by atoms with Gasteiger partial charge in [0, 0.05) is 22.6 Å². The fraction of sp³-hybridized carbons (Fsp3) is 0.156. The molecule has 2 heterocycles. The molecule has 0 saturated heterocycles. The Labute approximate surface area is 255 Å². The van der Waals surface area contributed by atoms with E-state index in [4.69, 9.17) is 19.2 Å². The Morgan fingerprint density at radius 2 is 1.74 bits per heavy atom. The van der Waals surface area contributed by atoms with Crippen LogP contribution in [0, 0.1) is 5.82 Å². The van der Waals surface area contributed by atoms with Crippen molar-refractivity contribution in [1.29, 1.82) is 0 Å². The number of ether oxygens (including phenoxy) is 3. The lowest BCUT2D eigenvalue weighted by molar-refractivity contribution is 0.223. The number of nitrogens with zero attached hydrogens (tertiary/aromatic N) is 3. The number of hydrogen-bond acceptors (Lipinski definition) is 8. The van der Waals surface area contributed by atoms with Crippen LogP contribution in [0.4, 0.5) is 10.1 Å². The van der Waals surface area contributed by atoms with Crippen LogP contribution < -0.4 is 19.5 Å². The third kappa shape index (κ3) is 6.19. The number of hydrogen-bond donors (Lipinski definition) is 1. The highest BCUT2D eigenvalue weighted by Gasteiger charge is 2.28. The maximum absolute atomic E-state index is 14.2. The molecule has 0 bridgehead atoms. The van der Waals surface area contributed by atoms with Crippen molar-refractivity contribution in [2.75, 3.05) is 11.9 Å². The first kappa shape index (κ1) is 28.0. The monoisotopic (exact) mass is 644 g/mol. The third-order valence-electron chi connectivity index (χ3n) is 6.51. The number of anilines is 1. The van der Waals surface area contributed by atoms with E-state index in [0.717, 1.165) is 26.9 Å². The van der Waals surface area contributed by atoms with Crippen LogP contribution in [0.5, 0.6) is 17.4 Å². The minimum atomic E-state index is -0.632. The molecule has 1 N–H and O–H groups in total. The number of aromatic nitrogens is 3. The first-order valence-corrected chi connectivity index (χ1v) is 15.1. The lowest BCUT2D eigenvalue weighted by Gasteiger charge is -2.22. The second kappa shape index (κ2) is 12.8. The molecule has 6 rings (SSSR count). The molecule has 0 saturated carbocycles. The van der Waals surface area contributed by atoms with E-state index < -0.39 is 6.23 Å². The van der Waals surface area contributed by atoms with Crippen molar-refractivity contribution in [3.8, 4) is 28.6 Å². The molecule has 0 fully saturated rings. The van der Waals surface area contributed by atoms with Gasteiger partial charge in [-0.1, -0.05) is 78.5 Å². The normalized spacial score (nSPS) is 13.6. The van der Waals surface area contributed by atoms with Crippen molar-refractivity contribution in [3.05, 3.63) is 118 Å². The van der Waals surface area contributed by atoms with Gasteiger partial charge in [-0.2, -0.15) is 4.98 Å². The summed E-state index contributed by atoms with van der Waals surface area (Å²) in [6.07, 6.45) is -0.632. The van der Waals surface area contributed by atoms with Gasteiger partial charge in [0.25, 0.3) is 0 Å². The second-order valence-electron chi connectivity index (χ2n) is 9.35. The molecule has 0 aliphatic carbocycles. The zero-order valence-electron chi connectivity index (χ0n) is 22.6. The van der Waals surface area contributed by atoms with E-state index in [-0.39, 0.29) is 5.82 Å². The van der Waals surface area contributed by atoms with E-state index in [1.165, 1.54) is 17.8 Å². The number of thioether (sulfide) groups is 1. The summed E-state index contributed by atoms with van der Waals surface area (Å²) in [7, 11) is 0. The number of para-hydroxylation sites is 1. The van der Waals surface area contributed by atoms with Gasteiger partial charge in [0.15, 0.2) is 23.4 Å². The number of fused-ring (bicyclic) bond motifs is 3. The van der Waals surface area contributed by atoms with E-state index in [0.29, 0.717) is 52.8 Å². The van der Waals surface area contributed by atoms with E-state index in [1.54, 1.807) is 18.2 Å². The minimum absolute atomic E-state index is 0.269. The SMILES string of the molecule is CCOc1cc([C@@H]2Nc3ccccc3-c3nnc(SCc4ccccc4F)nc3O2)cc(Br)c1OCc1ccccc1. The average Bonchev–Trinajstić information content (AvgIpc) is 3.17. The van der Waals surface area contributed by atoms with E-state index in [2.05, 4.69) is 31.4 Å². The molecule has 0 radical (unpaired) electrons. The molecule has 0 amide bonds. The summed E-state index contributed by atoms with van der Waals surface area (Å²) in [5.74, 6) is 1.61. The molecule has 0 spiro atoms. The van der Waals surface area contributed by atoms with E-state index >= 15 is 0 Å². The highest BCUT2D eigenvalue weighted by molar-refractivity contribution is 9.10. The highest BCUT2D eigenvalue weighted by Crippen LogP contribution is 2.43. The van der Waals surface area contributed by atoms with Crippen LogP contribution in [0.3, 0.4) is 0 Å². The minimum Gasteiger partial charge on any atom is -0.490 e. The quantitative estimate of drug-likeness (QED) is 0.161. The summed E-state index contributed by atoms with van der Waals surface area (Å²) in [6, 6.07) is 28.2. The van der Waals surface area contributed by atoms with Gasteiger partial charge in [-0.15, -0.1) is 10.2 Å². The van der Waals surface area contributed by atoms with Gasteiger partial charge in [-0.05, 0) is 58.2 Å². The van der Waals surface area contributed by atoms with Crippen molar-refractivity contribution in [2.45, 2.75) is 30.7 Å². The first-order valence-electron chi connectivity index (χ1n) is 13.4. The molecule has 1 aromatic heterocycles. The predicted molar refractivity (Wildman–Crippen MR) is 164 cm³/mol. The Morgan fingerprint density at radius 1 is 0.952 bits per heavy atom. The number of benzene rings is 4. The van der Waals surface area contributed by atoms with Crippen molar-refractivity contribution >= 4 is 33.4 Å². The Balaban J connectivity index is 1.32. The predicted octanol–water partition coefficient (Wildman–Crippen LogP) is 8.21. The maximum atomic E-state index is 14.2. The molecule has 7 nitrogen and oxygen atoms in total. The fourth-order valence-electron chi connectivity index (χ4n) is 4.49. The van der Waals surface area contributed by atoms with Crippen LogP contribution in [0.25, 0.3) is 11.3 Å².